The van der Waals surface area contributed by atoms with E-state index in [-0.39, 0.29) is 24.2 Å². The molecule has 0 radical (unpaired) electrons. The van der Waals surface area contributed by atoms with Crippen LogP contribution in [0.5, 0.6) is 0 Å². The molecule has 1 atom stereocenters. The van der Waals surface area contributed by atoms with E-state index < -0.39 is 0 Å². The highest BCUT2D eigenvalue weighted by Crippen LogP contribution is 2.24. The number of carbonyl (C=O) groups excluding carboxylic acids is 1. The van der Waals surface area contributed by atoms with Crippen LogP contribution in [-0.4, -0.2) is 53.0 Å². The first-order valence-electron chi connectivity index (χ1n) is 11.0. The lowest BCUT2D eigenvalue weighted by molar-refractivity contribution is -0.121. The molecule has 4 aromatic rings. The number of hydrogen-bond acceptors (Lipinski definition) is 5. The molecule has 0 aliphatic carbocycles. The van der Waals surface area contributed by atoms with E-state index >= 15 is 0 Å². The average Bonchev–Trinajstić information content (AvgIpc) is 3.42. The summed E-state index contributed by atoms with van der Waals surface area (Å²) in [5.74, 6) is -0.309. The van der Waals surface area contributed by atoms with Crippen molar-refractivity contribution in [1.82, 2.24) is 19.6 Å². The van der Waals surface area contributed by atoms with Gasteiger partial charge >= 0.3 is 0 Å². The van der Waals surface area contributed by atoms with E-state index in [1.807, 2.05) is 34.2 Å². The third-order valence-electron chi connectivity index (χ3n) is 5.85. The molecule has 1 unspecified atom stereocenters. The average molecular weight is 465 g/mol. The highest BCUT2D eigenvalue weighted by molar-refractivity contribution is 7.15. The van der Waals surface area contributed by atoms with E-state index in [9.17, 15) is 9.18 Å². The summed E-state index contributed by atoms with van der Waals surface area (Å²) in [4.78, 5) is 20.8. The second-order valence-electron chi connectivity index (χ2n) is 8.13. The van der Waals surface area contributed by atoms with Gasteiger partial charge in [0.1, 0.15) is 5.82 Å². The molecule has 0 saturated carbocycles. The summed E-state index contributed by atoms with van der Waals surface area (Å²) in [6.45, 7) is 3.92. The standard InChI is InChI=1S/C25H25FN4O2S/c26-20-8-6-19(7-9-20)23-16-30-21(17-33-25(30)28-23)14-24(31)27-22(18-4-2-1-3-5-18)15-29-10-12-32-13-11-29/h1-9,16-17,22H,10-15H2,(H,27,31). The largest absolute Gasteiger partial charge is 0.379 e. The summed E-state index contributed by atoms with van der Waals surface area (Å²) in [6, 6.07) is 16.3. The number of morpholine rings is 1. The predicted octanol–water partition coefficient (Wildman–Crippen LogP) is 3.93. The van der Waals surface area contributed by atoms with Gasteiger partial charge in [-0.25, -0.2) is 9.37 Å². The molecule has 0 bridgehead atoms. The molecule has 6 nitrogen and oxygen atoms in total. The van der Waals surface area contributed by atoms with Gasteiger partial charge in [-0.3, -0.25) is 14.1 Å². The number of benzene rings is 2. The minimum atomic E-state index is -0.276. The smallest absolute Gasteiger partial charge is 0.226 e. The van der Waals surface area contributed by atoms with Crippen LogP contribution in [0.2, 0.25) is 0 Å². The van der Waals surface area contributed by atoms with Crippen LogP contribution in [0.25, 0.3) is 16.2 Å². The molecule has 0 spiro atoms. The lowest BCUT2D eigenvalue weighted by Gasteiger charge is -2.31. The number of fused-ring (bicyclic) bond motifs is 1. The van der Waals surface area contributed by atoms with Gasteiger partial charge in [-0.05, 0) is 29.8 Å². The number of nitrogens with one attached hydrogen (secondary N) is 1. The fraction of sp³-hybridized carbons (Fsp3) is 0.280. The molecule has 1 saturated heterocycles. The maximum Gasteiger partial charge on any atom is 0.226 e. The lowest BCUT2D eigenvalue weighted by Crippen LogP contribution is -2.43. The number of carbonyl (C=O) groups is 1. The molecule has 3 heterocycles. The fourth-order valence-corrected chi connectivity index (χ4v) is 4.96. The van der Waals surface area contributed by atoms with Crippen molar-refractivity contribution in [3.63, 3.8) is 0 Å². The second-order valence-corrected chi connectivity index (χ2v) is 8.97. The Balaban J connectivity index is 1.31. The number of thiazole rings is 1. The highest BCUT2D eigenvalue weighted by atomic mass is 32.1. The second kappa shape index (κ2) is 9.82. The topological polar surface area (TPSA) is 58.9 Å². The Hall–Kier alpha value is -3.07. The molecular formula is C25H25FN4O2S. The lowest BCUT2D eigenvalue weighted by atomic mass is 10.1. The van der Waals surface area contributed by atoms with Gasteiger partial charge in [0.05, 0.1) is 31.4 Å². The molecule has 1 amide bonds. The summed E-state index contributed by atoms with van der Waals surface area (Å²) in [5, 5.41) is 5.20. The molecule has 2 aromatic heterocycles. The number of hydrogen-bond donors (Lipinski definition) is 1. The van der Waals surface area contributed by atoms with Crippen molar-refractivity contribution in [3.05, 3.63) is 83.2 Å². The van der Waals surface area contributed by atoms with Crippen molar-refractivity contribution in [1.29, 1.82) is 0 Å². The number of ether oxygens (including phenoxy) is 1. The quantitative estimate of drug-likeness (QED) is 0.450. The summed E-state index contributed by atoms with van der Waals surface area (Å²) >= 11 is 1.49. The van der Waals surface area contributed by atoms with E-state index in [1.165, 1.54) is 23.5 Å². The molecule has 33 heavy (non-hydrogen) atoms. The fourth-order valence-electron chi connectivity index (χ4n) is 4.09. The van der Waals surface area contributed by atoms with Gasteiger partial charge in [0, 0.05) is 42.5 Å². The van der Waals surface area contributed by atoms with E-state index in [1.54, 1.807) is 12.1 Å². The molecule has 1 fully saturated rings. The first-order chi connectivity index (χ1) is 16.2. The van der Waals surface area contributed by atoms with Crippen LogP contribution in [0, 0.1) is 5.82 Å². The van der Waals surface area contributed by atoms with Gasteiger partial charge < -0.3 is 10.1 Å². The normalized spacial score (nSPS) is 15.5. The Morgan fingerprint density at radius 3 is 2.64 bits per heavy atom. The minimum absolute atomic E-state index is 0.0335. The third kappa shape index (κ3) is 5.13. The van der Waals surface area contributed by atoms with Gasteiger partial charge in [-0.15, -0.1) is 11.3 Å². The zero-order valence-electron chi connectivity index (χ0n) is 18.1. The summed E-state index contributed by atoms with van der Waals surface area (Å²) in [5.41, 5.74) is 3.58. The van der Waals surface area contributed by atoms with Crippen LogP contribution in [0.1, 0.15) is 17.3 Å². The SMILES string of the molecule is O=C(Cc1csc2nc(-c3ccc(F)cc3)cn12)NC(CN1CCOCC1)c1ccccc1. The van der Waals surface area contributed by atoms with E-state index in [4.69, 9.17) is 4.74 Å². The zero-order chi connectivity index (χ0) is 22.6. The third-order valence-corrected chi connectivity index (χ3v) is 6.74. The van der Waals surface area contributed by atoms with Crippen molar-refractivity contribution < 1.29 is 13.9 Å². The number of nitrogens with zero attached hydrogens (tertiary/aromatic N) is 3. The maximum absolute atomic E-state index is 13.3. The van der Waals surface area contributed by atoms with E-state index in [0.29, 0.717) is 0 Å². The van der Waals surface area contributed by atoms with Crippen LogP contribution >= 0.6 is 11.3 Å². The van der Waals surface area contributed by atoms with Crippen molar-refractivity contribution in [3.8, 4) is 11.3 Å². The van der Waals surface area contributed by atoms with E-state index in [0.717, 1.165) is 60.3 Å². The van der Waals surface area contributed by atoms with E-state index in [2.05, 4.69) is 27.3 Å². The number of rotatable bonds is 7. The molecule has 5 rings (SSSR count). The summed E-state index contributed by atoms with van der Waals surface area (Å²) in [7, 11) is 0. The zero-order valence-corrected chi connectivity index (χ0v) is 18.9. The highest BCUT2D eigenvalue weighted by Gasteiger charge is 2.21. The molecule has 170 valence electrons. The van der Waals surface area contributed by atoms with Crippen LogP contribution in [0.15, 0.2) is 66.2 Å². The van der Waals surface area contributed by atoms with Crippen molar-refractivity contribution in [2.45, 2.75) is 12.5 Å². The van der Waals surface area contributed by atoms with Crippen molar-refractivity contribution >= 4 is 22.2 Å². The molecule has 2 aromatic carbocycles. The molecular weight excluding hydrogens is 439 g/mol. The Kier molecular flexibility index (Phi) is 6.48. The van der Waals surface area contributed by atoms with Crippen LogP contribution in [0.3, 0.4) is 0 Å². The van der Waals surface area contributed by atoms with Crippen molar-refractivity contribution in [2.24, 2.45) is 0 Å². The summed E-state index contributed by atoms with van der Waals surface area (Å²) in [6.07, 6.45) is 2.16. The maximum atomic E-state index is 13.3. The predicted molar refractivity (Wildman–Crippen MR) is 127 cm³/mol. The van der Waals surface area contributed by atoms with Gasteiger partial charge in [-0.2, -0.15) is 0 Å². The van der Waals surface area contributed by atoms with Crippen LogP contribution in [-0.2, 0) is 16.0 Å². The Bertz CT molecular complexity index is 1220. The van der Waals surface area contributed by atoms with Gasteiger partial charge in [0.15, 0.2) is 4.96 Å². The number of amides is 1. The monoisotopic (exact) mass is 464 g/mol. The summed E-state index contributed by atoms with van der Waals surface area (Å²) < 4.78 is 20.7. The first-order valence-corrected chi connectivity index (χ1v) is 11.9. The number of aromatic nitrogens is 2. The van der Waals surface area contributed by atoms with Gasteiger partial charge in [-0.1, -0.05) is 30.3 Å². The Morgan fingerprint density at radius 1 is 1.12 bits per heavy atom. The minimum Gasteiger partial charge on any atom is -0.379 e. The molecule has 1 aliphatic rings. The number of imidazole rings is 1. The van der Waals surface area contributed by atoms with Crippen molar-refractivity contribution in [2.75, 3.05) is 32.8 Å². The number of halogens is 1. The molecule has 1 aliphatic heterocycles. The van der Waals surface area contributed by atoms with Crippen LogP contribution < -0.4 is 5.32 Å². The van der Waals surface area contributed by atoms with Crippen LogP contribution in [0.4, 0.5) is 4.39 Å². The van der Waals surface area contributed by atoms with Gasteiger partial charge in [0.25, 0.3) is 0 Å². The molecule has 1 N–H and O–H groups in total. The Labute approximate surface area is 195 Å². The molecule has 8 heteroatoms. The first kappa shape index (κ1) is 21.8. The Morgan fingerprint density at radius 2 is 1.88 bits per heavy atom. The van der Waals surface area contributed by atoms with Gasteiger partial charge in [0.2, 0.25) is 5.91 Å².